The quantitative estimate of drug-likeness (QED) is 0.252. The average molecular weight is 543 g/mol. The molecule has 0 radical (unpaired) electrons. The van der Waals surface area contributed by atoms with Gasteiger partial charge in [0.1, 0.15) is 12.1 Å². The zero-order valence-electron chi connectivity index (χ0n) is 24.9. The van der Waals surface area contributed by atoms with Crippen LogP contribution in [0.3, 0.4) is 0 Å². The first-order chi connectivity index (χ1) is 18.4. The first-order valence-electron chi connectivity index (χ1n) is 14.3. The number of rotatable bonds is 11. The van der Waals surface area contributed by atoms with Crippen LogP contribution in [0.25, 0.3) is 0 Å². The van der Waals surface area contributed by atoms with E-state index in [2.05, 4.69) is 75.4 Å². The van der Waals surface area contributed by atoms with Crippen molar-refractivity contribution >= 4 is 5.91 Å². The Morgan fingerprint density at radius 1 is 1.31 bits per heavy atom. The summed E-state index contributed by atoms with van der Waals surface area (Å²) >= 11 is 0. The molecule has 1 saturated heterocycles. The molecule has 218 valence electrons. The predicted octanol–water partition coefficient (Wildman–Crippen LogP) is 2.25. The number of nitrogens with zero attached hydrogens (tertiary/aromatic N) is 2. The molecule has 1 heterocycles. The number of carbonyl (C=O) groups is 1. The molecular weight excluding hydrogens is 492 g/mol. The number of likely N-dealkylation sites (N-methyl/N-ethyl adjacent to an activating group) is 1. The zero-order chi connectivity index (χ0) is 28.9. The fourth-order valence-corrected chi connectivity index (χ4v) is 6.29. The smallest absolute Gasteiger partial charge is 0.240 e. The van der Waals surface area contributed by atoms with Gasteiger partial charge in [0.25, 0.3) is 0 Å². The van der Waals surface area contributed by atoms with E-state index in [-0.39, 0.29) is 35.8 Å². The van der Waals surface area contributed by atoms with E-state index in [1.54, 1.807) is 12.0 Å². The topological polar surface area (TPSA) is 97.3 Å². The number of hydrogen-bond acceptors (Lipinski definition) is 7. The second-order valence-corrected chi connectivity index (χ2v) is 12.5. The minimum absolute atomic E-state index is 0.0195. The van der Waals surface area contributed by atoms with Crippen molar-refractivity contribution in [1.82, 2.24) is 20.6 Å². The van der Waals surface area contributed by atoms with Gasteiger partial charge in [0.05, 0.1) is 19.3 Å². The van der Waals surface area contributed by atoms with Crippen LogP contribution in [0.4, 0.5) is 0 Å². The summed E-state index contributed by atoms with van der Waals surface area (Å²) < 4.78 is 0. The highest BCUT2D eigenvalue weighted by Crippen LogP contribution is 2.47. The van der Waals surface area contributed by atoms with E-state index in [9.17, 15) is 15.0 Å². The van der Waals surface area contributed by atoms with Crippen LogP contribution < -0.4 is 10.6 Å². The second-order valence-electron chi connectivity index (χ2n) is 12.5. The van der Waals surface area contributed by atoms with Crippen molar-refractivity contribution in [3.8, 4) is 12.3 Å². The van der Waals surface area contributed by atoms with Crippen LogP contribution >= 0.6 is 0 Å². The number of carbonyl (C=O) groups excluding carboxylic acids is 1. The fourth-order valence-electron chi connectivity index (χ4n) is 6.29. The van der Waals surface area contributed by atoms with Crippen LogP contribution in [-0.4, -0.2) is 84.2 Å². The molecule has 4 N–H and O–H groups in total. The first-order valence-corrected chi connectivity index (χ1v) is 14.3. The lowest BCUT2D eigenvalue weighted by molar-refractivity contribution is -0.182. The zero-order valence-corrected chi connectivity index (χ0v) is 24.9. The third-order valence-corrected chi connectivity index (χ3v) is 9.29. The predicted molar refractivity (Wildman–Crippen MR) is 154 cm³/mol. The Morgan fingerprint density at radius 3 is 2.62 bits per heavy atom. The van der Waals surface area contributed by atoms with E-state index in [4.69, 9.17) is 11.3 Å². The molecule has 1 aromatic carbocycles. The average Bonchev–Trinajstić information content (AvgIpc) is 3.25. The standard InChI is InChI=1S/C31H50N4O4/c1-9-25-16-26(20(2)21(3)31(25,5)6)33-30(38)29-28(22(4)37)27(19-36)39-35(29)18-24-12-10-11-23(15-24)17-32-13-14-34(7)8/h1,10-12,15,20-22,25-29,32,36-37H,13-14,16-19H2,2-8H3,(H,33,38)/t20-,21-,22-,25+,26-,27-,28+,29-/m0/s1. The van der Waals surface area contributed by atoms with Crippen LogP contribution in [0.5, 0.6) is 0 Å². The van der Waals surface area contributed by atoms with Gasteiger partial charge < -0.3 is 25.7 Å². The summed E-state index contributed by atoms with van der Waals surface area (Å²) in [6, 6.07) is 7.37. The summed E-state index contributed by atoms with van der Waals surface area (Å²) in [5, 5.41) is 29.1. The molecule has 3 rings (SSSR count). The van der Waals surface area contributed by atoms with E-state index in [1.165, 1.54) is 0 Å². The van der Waals surface area contributed by atoms with Crippen LogP contribution in [0.2, 0.25) is 0 Å². The maximum Gasteiger partial charge on any atom is 0.240 e. The Hall–Kier alpha value is -1.99. The molecular formula is C31H50N4O4. The van der Waals surface area contributed by atoms with Gasteiger partial charge in [-0.15, -0.1) is 12.3 Å². The Balaban J connectivity index is 1.78. The molecule has 8 atom stereocenters. The maximum atomic E-state index is 13.9. The van der Waals surface area contributed by atoms with E-state index < -0.39 is 24.2 Å². The van der Waals surface area contributed by atoms with Crippen LogP contribution in [-0.2, 0) is 22.7 Å². The highest BCUT2D eigenvalue weighted by molar-refractivity contribution is 5.82. The number of aliphatic hydroxyl groups excluding tert-OH is 2. The Morgan fingerprint density at radius 2 is 2.00 bits per heavy atom. The number of terminal acetylenes is 1. The number of aliphatic hydroxyl groups is 2. The first kappa shape index (κ1) is 31.5. The monoisotopic (exact) mass is 542 g/mol. The summed E-state index contributed by atoms with van der Waals surface area (Å²) in [5.74, 6) is 2.81. The van der Waals surface area contributed by atoms with E-state index in [1.807, 2.05) is 12.1 Å². The molecule has 1 aliphatic carbocycles. The molecule has 0 bridgehead atoms. The molecule has 2 fully saturated rings. The minimum Gasteiger partial charge on any atom is -0.394 e. The number of nitrogens with one attached hydrogen (secondary N) is 2. The number of hydroxylamine groups is 2. The summed E-state index contributed by atoms with van der Waals surface area (Å²) in [7, 11) is 4.10. The highest BCUT2D eigenvalue weighted by atomic mass is 16.7. The van der Waals surface area contributed by atoms with Crippen molar-refractivity contribution in [1.29, 1.82) is 0 Å². The van der Waals surface area contributed by atoms with Crippen molar-refractivity contribution in [2.45, 2.75) is 78.4 Å². The van der Waals surface area contributed by atoms with Crippen molar-refractivity contribution < 1.29 is 19.8 Å². The maximum absolute atomic E-state index is 13.9. The van der Waals surface area contributed by atoms with E-state index in [0.29, 0.717) is 18.9 Å². The minimum atomic E-state index is -0.838. The van der Waals surface area contributed by atoms with Gasteiger partial charge in [0, 0.05) is 37.5 Å². The molecule has 1 saturated carbocycles. The lowest BCUT2D eigenvalue weighted by Crippen LogP contribution is -2.57. The molecule has 1 amide bonds. The third-order valence-electron chi connectivity index (χ3n) is 9.29. The van der Waals surface area contributed by atoms with Gasteiger partial charge in [0.2, 0.25) is 5.91 Å². The number of hydrogen-bond donors (Lipinski definition) is 4. The molecule has 2 aliphatic rings. The summed E-state index contributed by atoms with van der Waals surface area (Å²) in [4.78, 5) is 22.1. The lowest BCUT2D eigenvalue weighted by Gasteiger charge is -2.49. The van der Waals surface area contributed by atoms with Gasteiger partial charge in [-0.2, -0.15) is 5.06 Å². The normalized spacial score (nSPS) is 31.7. The van der Waals surface area contributed by atoms with Crippen LogP contribution in [0.15, 0.2) is 24.3 Å². The SMILES string of the molecule is C#C[C@@H]1C[C@H](NC(=O)[C@@H]2[C@H]([C@H](C)O)[C@H](CO)ON2Cc2cccc(CNCCN(C)C)c2)[C@@H](C)[C@H](C)C1(C)C. The largest absolute Gasteiger partial charge is 0.394 e. The third kappa shape index (κ3) is 7.40. The van der Waals surface area contributed by atoms with Gasteiger partial charge in [-0.25, -0.2) is 0 Å². The summed E-state index contributed by atoms with van der Waals surface area (Å²) in [6.07, 6.45) is 5.11. The van der Waals surface area contributed by atoms with Crippen molar-refractivity contribution in [2.24, 2.45) is 29.1 Å². The Labute approximate surface area is 235 Å². The van der Waals surface area contributed by atoms with Gasteiger partial charge >= 0.3 is 0 Å². The molecule has 39 heavy (non-hydrogen) atoms. The van der Waals surface area contributed by atoms with E-state index >= 15 is 0 Å². The van der Waals surface area contributed by atoms with Gasteiger partial charge in [0.15, 0.2) is 0 Å². The van der Waals surface area contributed by atoms with Gasteiger partial charge in [-0.3, -0.25) is 9.63 Å². The molecule has 1 aliphatic heterocycles. The Kier molecular flexibility index (Phi) is 11.0. The molecule has 8 nitrogen and oxygen atoms in total. The molecule has 1 aromatic rings. The number of benzene rings is 1. The van der Waals surface area contributed by atoms with Crippen LogP contribution in [0, 0.1) is 41.4 Å². The molecule has 0 spiro atoms. The highest BCUT2D eigenvalue weighted by Gasteiger charge is 2.51. The fraction of sp³-hybridized carbons (Fsp3) is 0.710. The summed E-state index contributed by atoms with van der Waals surface area (Å²) in [6.45, 7) is 13.1. The molecule has 8 heteroatoms. The van der Waals surface area contributed by atoms with Crippen molar-refractivity contribution in [3.05, 3.63) is 35.4 Å². The van der Waals surface area contributed by atoms with Crippen LogP contribution in [0.1, 0.15) is 52.2 Å². The summed E-state index contributed by atoms with van der Waals surface area (Å²) in [5.41, 5.74) is 2.12. The van der Waals surface area contributed by atoms with Crippen molar-refractivity contribution in [3.63, 3.8) is 0 Å². The van der Waals surface area contributed by atoms with Gasteiger partial charge in [-0.05, 0) is 55.8 Å². The second kappa shape index (κ2) is 13.6. The number of amides is 1. The Bertz CT molecular complexity index is 991. The molecule has 0 unspecified atom stereocenters. The molecule has 0 aromatic heterocycles. The van der Waals surface area contributed by atoms with E-state index in [0.717, 1.165) is 30.8 Å². The lowest BCUT2D eigenvalue weighted by atomic mass is 9.58. The van der Waals surface area contributed by atoms with Crippen molar-refractivity contribution in [2.75, 3.05) is 33.8 Å². The van der Waals surface area contributed by atoms with Gasteiger partial charge in [-0.1, -0.05) is 52.0 Å².